The lowest BCUT2D eigenvalue weighted by Gasteiger charge is -2.24. The number of carbonyl (C=O) groups excluding carboxylic acids is 1. The molecule has 23 heavy (non-hydrogen) atoms. The molecular formula is C14H14N6OS2. The van der Waals surface area contributed by atoms with Crippen LogP contribution in [0.25, 0.3) is 10.2 Å². The van der Waals surface area contributed by atoms with E-state index < -0.39 is 0 Å². The van der Waals surface area contributed by atoms with E-state index in [0.29, 0.717) is 5.13 Å². The van der Waals surface area contributed by atoms with Crippen LogP contribution in [0.4, 0.5) is 10.9 Å². The fourth-order valence-corrected chi connectivity index (χ4v) is 4.16. The summed E-state index contributed by atoms with van der Waals surface area (Å²) in [6.07, 6.45) is 3.33. The summed E-state index contributed by atoms with van der Waals surface area (Å²) in [5.74, 6) is 0.781. The average molecular weight is 346 g/mol. The van der Waals surface area contributed by atoms with Crippen LogP contribution in [-0.4, -0.2) is 38.7 Å². The Morgan fingerprint density at radius 2 is 2.30 bits per heavy atom. The van der Waals surface area contributed by atoms with Crippen LogP contribution in [0.1, 0.15) is 17.8 Å². The molecule has 7 nitrogen and oxygen atoms in total. The normalized spacial score (nSPS) is 17.8. The van der Waals surface area contributed by atoms with Gasteiger partial charge in [0.2, 0.25) is 11.0 Å². The highest BCUT2D eigenvalue weighted by Crippen LogP contribution is 2.32. The van der Waals surface area contributed by atoms with Crippen LogP contribution in [0.5, 0.6) is 0 Å². The number of nitrogens with zero attached hydrogens (tertiary/aromatic N) is 5. The van der Waals surface area contributed by atoms with Crippen LogP contribution >= 0.6 is 22.7 Å². The van der Waals surface area contributed by atoms with E-state index in [4.69, 9.17) is 0 Å². The molecule has 0 bridgehead atoms. The maximum Gasteiger partial charge on any atom is 0.248 e. The van der Waals surface area contributed by atoms with E-state index >= 15 is 0 Å². The van der Waals surface area contributed by atoms with E-state index in [9.17, 15) is 4.79 Å². The van der Waals surface area contributed by atoms with Gasteiger partial charge in [-0.05, 0) is 31.2 Å². The molecule has 1 aliphatic heterocycles. The van der Waals surface area contributed by atoms with Crippen LogP contribution in [-0.2, 0) is 4.79 Å². The van der Waals surface area contributed by atoms with Crippen molar-refractivity contribution in [1.82, 2.24) is 20.2 Å². The fraction of sp³-hybridized carbons (Fsp3) is 0.357. The molecule has 1 saturated heterocycles. The number of fused-ring (bicyclic) bond motifs is 1. The number of thiophene rings is 1. The third kappa shape index (κ3) is 2.66. The van der Waals surface area contributed by atoms with E-state index in [0.717, 1.165) is 40.4 Å². The maximum absolute atomic E-state index is 12.6. The molecule has 0 unspecified atom stereocenters. The fourth-order valence-electron chi connectivity index (χ4n) is 2.83. The Morgan fingerprint density at radius 1 is 1.39 bits per heavy atom. The SMILES string of the molecule is Cc1nnc(NC(=O)[C@@H]2CCCN2c2ncnc3sccc23)s1. The van der Waals surface area contributed by atoms with Crippen molar-refractivity contribution in [2.45, 2.75) is 25.8 Å². The first kappa shape index (κ1) is 14.5. The molecule has 0 spiro atoms. The average Bonchev–Trinajstić information content (AvgIpc) is 3.26. The predicted octanol–water partition coefficient (Wildman–Crippen LogP) is 2.46. The molecule has 0 radical (unpaired) electrons. The first-order chi connectivity index (χ1) is 11.2. The molecule has 3 aromatic rings. The van der Waals surface area contributed by atoms with Crippen LogP contribution in [0.2, 0.25) is 0 Å². The largest absolute Gasteiger partial charge is 0.344 e. The highest BCUT2D eigenvalue weighted by molar-refractivity contribution is 7.16. The van der Waals surface area contributed by atoms with Crippen molar-refractivity contribution in [3.8, 4) is 0 Å². The van der Waals surface area contributed by atoms with Crippen molar-refractivity contribution in [2.24, 2.45) is 0 Å². The summed E-state index contributed by atoms with van der Waals surface area (Å²) in [4.78, 5) is 24.3. The molecular weight excluding hydrogens is 332 g/mol. The predicted molar refractivity (Wildman–Crippen MR) is 91.1 cm³/mol. The van der Waals surface area contributed by atoms with Gasteiger partial charge in [-0.25, -0.2) is 9.97 Å². The van der Waals surface area contributed by atoms with E-state index in [1.54, 1.807) is 17.7 Å². The molecule has 4 rings (SSSR count). The molecule has 1 amide bonds. The zero-order chi connectivity index (χ0) is 15.8. The molecule has 4 heterocycles. The number of hydrogen-bond donors (Lipinski definition) is 1. The van der Waals surface area contributed by atoms with Crippen LogP contribution in [0.15, 0.2) is 17.8 Å². The smallest absolute Gasteiger partial charge is 0.248 e. The quantitative estimate of drug-likeness (QED) is 0.784. The summed E-state index contributed by atoms with van der Waals surface area (Å²) in [7, 11) is 0. The number of anilines is 2. The number of carbonyl (C=O) groups is 1. The van der Waals surface area contributed by atoms with Crippen molar-refractivity contribution in [3.05, 3.63) is 22.8 Å². The number of amides is 1. The molecule has 1 aliphatic rings. The summed E-state index contributed by atoms with van der Waals surface area (Å²) < 4.78 is 0. The standard InChI is InChI=1S/C14H14N6OS2/c1-8-18-19-14(23-8)17-12(21)10-3-2-5-20(10)11-9-4-6-22-13(9)16-7-15-11/h4,6-7,10H,2-3,5H2,1H3,(H,17,19,21)/t10-/m0/s1. The van der Waals surface area contributed by atoms with Gasteiger partial charge >= 0.3 is 0 Å². The molecule has 1 fully saturated rings. The number of hydrogen-bond acceptors (Lipinski definition) is 8. The van der Waals surface area contributed by atoms with Gasteiger partial charge < -0.3 is 4.90 Å². The van der Waals surface area contributed by atoms with Gasteiger partial charge in [0.25, 0.3) is 0 Å². The lowest BCUT2D eigenvalue weighted by Crippen LogP contribution is -2.40. The molecule has 0 aliphatic carbocycles. The molecule has 0 saturated carbocycles. The third-order valence-corrected chi connectivity index (χ3v) is 5.40. The van der Waals surface area contributed by atoms with Crippen molar-refractivity contribution in [2.75, 3.05) is 16.8 Å². The van der Waals surface area contributed by atoms with E-state index in [1.165, 1.54) is 11.3 Å². The second kappa shape index (κ2) is 5.82. The first-order valence-corrected chi connectivity index (χ1v) is 8.98. The van der Waals surface area contributed by atoms with Gasteiger partial charge in [0.05, 0.1) is 5.39 Å². The van der Waals surface area contributed by atoms with Crippen molar-refractivity contribution in [1.29, 1.82) is 0 Å². The van der Waals surface area contributed by atoms with Gasteiger partial charge in [-0.1, -0.05) is 11.3 Å². The Morgan fingerprint density at radius 3 is 3.13 bits per heavy atom. The zero-order valence-corrected chi connectivity index (χ0v) is 14.0. The monoisotopic (exact) mass is 346 g/mol. The summed E-state index contributed by atoms with van der Waals surface area (Å²) in [5, 5.41) is 15.1. The third-order valence-electron chi connectivity index (χ3n) is 3.82. The van der Waals surface area contributed by atoms with E-state index in [2.05, 4.69) is 30.4 Å². The molecule has 0 aromatic carbocycles. The molecule has 1 atom stereocenters. The van der Waals surface area contributed by atoms with Crippen molar-refractivity contribution in [3.63, 3.8) is 0 Å². The second-order valence-electron chi connectivity index (χ2n) is 5.30. The molecule has 118 valence electrons. The Kier molecular flexibility index (Phi) is 3.66. The number of rotatable bonds is 3. The minimum Gasteiger partial charge on any atom is -0.344 e. The maximum atomic E-state index is 12.6. The Labute approximate surface area is 140 Å². The minimum atomic E-state index is -0.239. The molecule has 3 aromatic heterocycles. The van der Waals surface area contributed by atoms with Gasteiger partial charge in [0.1, 0.15) is 28.0 Å². The van der Waals surface area contributed by atoms with Crippen LogP contribution in [0.3, 0.4) is 0 Å². The highest BCUT2D eigenvalue weighted by atomic mass is 32.1. The Bertz CT molecular complexity index is 860. The van der Waals surface area contributed by atoms with Crippen molar-refractivity contribution >= 4 is 49.7 Å². The summed E-state index contributed by atoms with van der Waals surface area (Å²) >= 11 is 2.96. The number of aryl methyl sites for hydroxylation is 1. The highest BCUT2D eigenvalue weighted by Gasteiger charge is 2.33. The summed E-state index contributed by atoms with van der Waals surface area (Å²) in [5.41, 5.74) is 0. The van der Waals surface area contributed by atoms with E-state index in [-0.39, 0.29) is 11.9 Å². The Balaban J connectivity index is 1.61. The second-order valence-corrected chi connectivity index (χ2v) is 7.38. The zero-order valence-electron chi connectivity index (χ0n) is 12.4. The Hall–Kier alpha value is -2.13. The van der Waals surface area contributed by atoms with Gasteiger partial charge in [0, 0.05) is 6.54 Å². The van der Waals surface area contributed by atoms with Crippen molar-refractivity contribution < 1.29 is 4.79 Å². The topological polar surface area (TPSA) is 83.9 Å². The first-order valence-electron chi connectivity index (χ1n) is 7.28. The lowest BCUT2D eigenvalue weighted by atomic mass is 10.2. The van der Waals surface area contributed by atoms with Gasteiger partial charge in [-0.15, -0.1) is 21.5 Å². The summed E-state index contributed by atoms with van der Waals surface area (Å²) in [6, 6.07) is 1.77. The lowest BCUT2D eigenvalue weighted by molar-refractivity contribution is -0.117. The van der Waals surface area contributed by atoms with Crippen LogP contribution < -0.4 is 10.2 Å². The van der Waals surface area contributed by atoms with Gasteiger partial charge in [-0.2, -0.15) is 0 Å². The van der Waals surface area contributed by atoms with Gasteiger partial charge in [0.15, 0.2) is 0 Å². The molecule has 9 heteroatoms. The van der Waals surface area contributed by atoms with Crippen LogP contribution in [0, 0.1) is 6.92 Å². The summed E-state index contributed by atoms with van der Waals surface area (Å²) in [6.45, 7) is 2.68. The van der Waals surface area contributed by atoms with E-state index in [1.807, 2.05) is 18.4 Å². The minimum absolute atomic E-state index is 0.0550. The van der Waals surface area contributed by atoms with Gasteiger partial charge in [-0.3, -0.25) is 10.1 Å². The molecule has 1 N–H and O–H groups in total. The number of aromatic nitrogens is 4. The number of nitrogens with one attached hydrogen (secondary N) is 1.